The first-order valence-corrected chi connectivity index (χ1v) is 14.4. The molecular weight excluding hydrogens is 649 g/mol. The fourth-order valence-corrected chi connectivity index (χ4v) is 5.91. The van der Waals surface area contributed by atoms with E-state index in [1.54, 1.807) is 0 Å². The van der Waals surface area contributed by atoms with Crippen molar-refractivity contribution in [1.82, 2.24) is 0 Å². The molecule has 9 heteroatoms. The zero-order valence-corrected chi connectivity index (χ0v) is 26.2. The first kappa shape index (κ1) is 30.7. The standard InChI is InChI=1S/C32H33N3O4S.HI/c1-35(2)16-14-26(15-17-35)39-32(38)34-29-18-22(8-11-28(29)23-6-4-3-5-7-23)9-13-31(37)33-25-10-12-30-24(19-25)20-27(21-36)40-30;/h3-8,10-12,18-21,26H,9,13-17H2,1-2H3,(H-,33,34,37,38);1H. The number of fused-ring (bicyclic) bond motifs is 1. The summed E-state index contributed by atoms with van der Waals surface area (Å²) in [6.45, 7) is 1.96. The van der Waals surface area contributed by atoms with Crippen LogP contribution in [0.5, 0.6) is 0 Å². The molecule has 1 aliphatic heterocycles. The Bertz CT molecular complexity index is 1530. The molecule has 41 heavy (non-hydrogen) atoms. The van der Waals surface area contributed by atoms with E-state index in [0.29, 0.717) is 22.7 Å². The molecule has 0 unspecified atom stereocenters. The van der Waals surface area contributed by atoms with Gasteiger partial charge in [-0.2, -0.15) is 0 Å². The second kappa shape index (κ2) is 13.6. The third kappa shape index (κ3) is 8.15. The van der Waals surface area contributed by atoms with Crippen LogP contribution in [0.15, 0.2) is 72.8 Å². The van der Waals surface area contributed by atoms with Crippen molar-refractivity contribution in [3.8, 4) is 11.1 Å². The molecule has 0 saturated carbocycles. The maximum atomic E-state index is 12.9. The van der Waals surface area contributed by atoms with Crippen LogP contribution in [-0.4, -0.2) is 56.1 Å². The highest BCUT2D eigenvalue weighted by Gasteiger charge is 2.28. The zero-order chi connectivity index (χ0) is 28.1. The van der Waals surface area contributed by atoms with Crippen molar-refractivity contribution < 1.29 is 47.6 Å². The Hall–Kier alpha value is -3.28. The molecule has 1 saturated heterocycles. The molecule has 0 aliphatic carbocycles. The lowest BCUT2D eigenvalue weighted by molar-refractivity contribution is -0.896. The van der Waals surface area contributed by atoms with Gasteiger partial charge in [-0.1, -0.05) is 42.5 Å². The highest BCUT2D eigenvalue weighted by Crippen LogP contribution is 2.31. The van der Waals surface area contributed by atoms with Gasteiger partial charge < -0.3 is 38.5 Å². The smallest absolute Gasteiger partial charge is 0.411 e. The number of nitrogens with zero attached hydrogens (tertiary/aromatic N) is 1. The molecule has 2 heterocycles. The lowest BCUT2D eigenvalue weighted by Crippen LogP contribution is -3.00. The van der Waals surface area contributed by atoms with Crippen LogP contribution in [0.2, 0.25) is 0 Å². The van der Waals surface area contributed by atoms with Gasteiger partial charge >= 0.3 is 6.09 Å². The Kier molecular flexibility index (Phi) is 10.2. The summed E-state index contributed by atoms with van der Waals surface area (Å²) in [5.74, 6) is -0.107. The van der Waals surface area contributed by atoms with Crippen LogP contribution in [0.4, 0.5) is 16.2 Å². The molecule has 1 aromatic heterocycles. The number of rotatable bonds is 8. The van der Waals surface area contributed by atoms with Gasteiger partial charge in [-0.05, 0) is 53.3 Å². The van der Waals surface area contributed by atoms with Gasteiger partial charge in [0.2, 0.25) is 5.91 Å². The fraction of sp³-hybridized carbons (Fsp3) is 0.281. The number of hydrogen-bond acceptors (Lipinski definition) is 5. The Morgan fingerprint density at radius 3 is 2.46 bits per heavy atom. The highest BCUT2D eigenvalue weighted by molar-refractivity contribution is 7.20. The second-order valence-electron chi connectivity index (χ2n) is 10.9. The van der Waals surface area contributed by atoms with Crippen LogP contribution in [0.25, 0.3) is 21.2 Å². The fourth-order valence-electron chi connectivity index (χ4n) is 5.05. The quantitative estimate of drug-likeness (QED) is 0.169. The number of thiophene rings is 1. The van der Waals surface area contributed by atoms with Crippen molar-refractivity contribution in [3.05, 3.63) is 83.2 Å². The molecule has 2 N–H and O–H groups in total. The predicted octanol–water partition coefficient (Wildman–Crippen LogP) is 3.74. The van der Waals surface area contributed by atoms with Gasteiger partial charge in [0.05, 0.1) is 37.7 Å². The molecular formula is C32H34IN3O4S. The summed E-state index contributed by atoms with van der Waals surface area (Å²) in [5, 5.41) is 6.86. The highest BCUT2D eigenvalue weighted by atomic mass is 127. The molecule has 4 aromatic rings. The van der Waals surface area contributed by atoms with Crippen LogP contribution in [0.3, 0.4) is 0 Å². The van der Waals surface area contributed by atoms with Gasteiger partial charge in [-0.3, -0.25) is 14.9 Å². The van der Waals surface area contributed by atoms with Gasteiger partial charge in [0.25, 0.3) is 0 Å². The number of benzene rings is 3. The number of nitrogens with one attached hydrogen (secondary N) is 2. The lowest BCUT2D eigenvalue weighted by atomic mass is 9.99. The first-order valence-electron chi connectivity index (χ1n) is 13.5. The number of hydrogen-bond donors (Lipinski definition) is 2. The van der Waals surface area contributed by atoms with E-state index in [4.69, 9.17) is 4.74 Å². The minimum absolute atomic E-state index is 0. The van der Waals surface area contributed by atoms with Gasteiger partial charge in [0.1, 0.15) is 6.10 Å². The van der Waals surface area contributed by atoms with Crippen molar-refractivity contribution in [2.24, 2.45) is 0 Å². The van der Waals surface area contributed by atoms with E-state index in [1.807, 2.05) is 72.8 Å². The molecule has 0 bridgehead atoms. The summed E-state index contributed by atoms with van der Waals surface area (Å²) in [5.41, 5.74) is 4.18. The van der Waals surface area contributed by atoms with Crippen LogP contribution >= 0.6 is 11.3 Å². The van der Waals surface area contributed by atoms with Crippen molar-refractivity contribution in [2.75, 3.05) is 37.8 Å². The van der Waals surface area contributed by atoms with Crippen molar-refractivity contribution in [3.63, 3.8) is 0 Å². The maximum absolute atomic E-state index is 12.9. The number of piperidine rings is 1. The van der Waals surface area contributed by atoms with Gasteiger partial charge in [0, 0.05) is 35.2 Å². The average Bonchev–Trinajstić information content (AvgIpc) is 3.36. The van der Waals surface area contributed by atoms with E-state index in [1.165, 1.54) is 11.3 Å². The second-order valence-corrected chi connectivity index (χ2v) is 12.0. The molecule has 1 aliphatic rings. The van der Waals surface area contributed by atoms with Gasteiger partial charge in [0.15, 0.2) is 6.29 Å². The summed E-state index contributed by atoms with van der Waals surface area (Å²) in [6.07, 6.45) is 2.78. The van der Waals surface area contributed by atoms with Gasteiger partial charge in [-0.25, -0.2) is 4.79 Å². The number of quaternary nitrogens is 1. The van der Waals surface area contributed by atoms with E-state index < -0.39 is 6.09 Å². The topological polar surface area (TPSA) is 84.5 Å². The number of aryl methyl sites for hydroxylation is 1. The molecule has 214 valence electrons. The van der Waals surface area contributed by atoms with Crippen LogP contribution in [0, 0.1) is 0 Å². The number of anilines is 2. The maximum Gasteiger partial charge on any atom is 0.411 e. The summed E-state index contributed by atoms with van der Waals surface area (Å²) in [7, 11) is 4.39. The van der Waals surface area contributed by atoms with E-state index >= 15 is 0 Å². The zero-order valence-electron chi connectivity index (χ0n) is 23.2. The number of carbonyl (C=O) groups is 3. The van der Waals surface area contributed by atoms with E-state index in [0.717, 1.165) is 63.5 Å². The molecule has 0 spiro atoms. The number of amides is 2. The number of aldehydes is 1. The Balaban J connectivity index is 0.00000387. The van der Waals surface area contributed by atoms with Crippen LogP contribution in [-0.2, 0) is 16.0 Å². The first-order chi connectivity index (χ1) is 19.3. The predicted molar refractivity (Wildman–Crippen MR) is 161 cm³/mol. The monoisotopic (exact) mass is 683 g/mol. The number of halogens is 1. The lowest BCUT2D eigenvalue weighted by Gasteiger charge is -2.36. The number of carbonyl (C=O) groups excluding carboxylic acids is 3. The van der Waals surface area contributed by atoms with Crippen molar-refractivity contribution >= 4 is 51.1 Å². The summed E-state index contributed by atoms with van der Waals surface area (Å²) < 4.78 is 7.73. The van der Waals surface area contributed by atoms with Crippen molar-refractivity contribution in [2.45, 2.75) is 31.8 Å². The SMILES string of the molecule is C[N+]1(C)CCC(OC(=O)Nc2cc(CCC(=O)Nc3ccc4sc(C=O)cc4c3)ccc2-c2ccccc2)CC1.[I-]. The summed E-state index contributed by atoms with van der Waals surface area (Å²) in [6, 6.07) is 23.2. The minimum atomic E-state index is -0.453. The average molecular weight is 684 g/mol. The Morgan fingerprint density at radius 2 is 1.73 bits per heavy atom. The van der Waals surface area contributed by atoms with Crippen LogP contribution < -0.4 is 34.6 Å². The largest absolute Gasteiger partial charge is 1.00 e. The normalized spacial score (nSPS) is 14.6. The van der Waals surface area contributed by atoms with E-state index in [9.17, 15) is 14.4 Å². The third-order valence-corrected chi connectivity index (χ3v) is 8.41. The van der Waals surface area contributed by atoms with Crippen LogP contribution in [0.1, 0.15) is 34.5 Å². The summed E-state index contributed by atoms with van der Waals surface area (Å²) in [4.78, 5) is 37.4. The Labute approximate surface area is 261 Å². The van der Waals surface area contributed by atoms with E-state index in [2.05, 4.69) is 24.7 Å². The number of ether oxygens (including phenoxy) is 1. The number of likely N-dealkylation sites (tertiary alicyclic amines) is 1. The molecule has 3 aromatic carbocycles. The molecule has 5 rings (SSSR count). The molecule has 2 amide bonds. The minimum Gasteiger partial charge on any atom is -1.00 e. The van der Waals surface area contributed by atoms with Gasteiger partial charge in [-0.15, -0.1) is 11.3 Å². The summed E-state index contributed by atoms with van der Waals surface area (Å²) >= 11 is 1.43. The Morgan fingerprint density at radius 1 is 0.976 bits per heavy atom. The molecule has 1 fully saturated rings. The molecule has 0 atom stereocenters. The van der Waals surface area contributed by atoms with E-state index in [-0.39, 0.29) is 42.4 Å². The van der Waals surface area contributed by atoms with Crippen molar-refractivity contribution in [1.29, 1.82) is 0 Å². The third-order valence-electron chi connectivity index (χ3n) is 7.37. The molecule has 7 nitrogen and oxygen atoms in total. The molecule has 0 radical (unpaired) electrons.